The van der Waals surface area contributed by atoms with Gasteiger partial charge in [0.1, 0.15) is 0 Å². The van der Waals surface area contributed by atoms with Crippen LogP contribution in [-0.2, 0) is 33.4 Å². The van der Waals surface area contributed by atoms with Crippen molar-refractivity contribution in [2.45, 2.75) is 31.8 Å². The van der Waals surface area contributed by atoms with Crippen molar-refractivity contribution >= 4 is 35.4 Å². The number of amides is 2. The summed E-state index contributed by atoms with van der Waals surface area (Å²) in [5.41, 5.74) is -1.64. The third-order valence-electron chi connectivity index (χ3n) is 5.34. The van der Waals surface area contributed by atoms with Gasteiger partial charge in [-0.25, -0.2) is 9.69 Å². The highest BCUT2D eigenvalue weighted by Crippen LogP contribution is 2.54. The molecule has 1 aromatic carbocycles. The molecule has 2 saturated heterocycles. The summed E-state index contributed by atoms with van der Waals surface area (Å²) in [6.07, 6.45) is 0.680. The van der Waals surface area contributed by atoms with Crippen LogP contribution in [0.1, 0.15) is 24.2 Å². The number of carboxylic acid groups (broad SMARTS) is 1. The van der Waals surface area contributed by atoms with Gasteiger partial charge in [-0.15, -0.1) is 0 Å². The van der Waals surface area contributed by atoms with Crippen LogP contribution in [0.5, 0.6) is 0 Å². The topological polar surface area (TPSA) is 137 Å². The van der Waals surface area contributed by atoms with Gasteiger partial charge < -0.3 is 19.3 Å². The van der Waals surface area contributed by atoms with E-state index < -0.39 is 59.6 Å². The number of carboxylic acids is 1. The summed E-state index contributed by atoms with van der Waals surface area (Å²) in [6.45, 7) is 2.22. The van der Waals surface area contributed by atoms with Gasteiger partial charge in [0.2, 0.25) is 11.8 Å². The number of hydrogen-bond donors (Lipinski definition) is 1. The Morgan fingerprint density at radius 1 is 1.13 bits per heavy atom. The number of imide groups is 1. The smallest absolute Gasteiger partial charge is 0.335 e. The molecule has 0 aromatic heterocycles. The van der Waals surface area contributed by atoms with Gasteiger partial charge in [-0.2, -0.15) is 0 Å². The third-order valence-corrected chi connectivity index (χ3v) is 5.34. The van der Waals surface area contributed by atoms with Gasteiger partial charge in [0, 0.05) is 13.8 Å². The number of anilines is 1. The highest BCUT2D eigenvalue weighted by molar-refractivity contribution is 6.23. The molecule has 156 valence electrons. The Labute approximate surface area is 170 Å². The zero-order valence-electron chi connectivity index (χ0n) is 15.9. The Morgan fingerprint density at radius 2 is 1.80 bits per heavy atom. The molecular formula is C20H17NO9. The van der Waals surface area contributed by atoms with Crippen LogP contribution in [-0.4, -0.2) is 52.8 Å². The van der Waals surface area contributed by atoms with Crippen LogP contribution in [0.3, 0.4) is 0 Å². The van der Waals surface area contributed by atoms with E-state index in [1.54, 1.807) is 6.08 Å². The molecule has 3 aliphatic rings. The molecule has 3 aliphatic heterocycles. The lowest BCUT2D eigenvalue weighted by atomic mass is 9.76. The average molecular weight is 415 g/mol. The number of hydrogen-bond acceptors (Lipinski definition) is 8. The Hall–Kier alpha value is -3.53. The van der Waals surface area contributed by atoms with Crippen molar-refractivity contribution in [1.29, 1.82) is 0 Å². The molecule has 2 fully saturated rings. The summed E-state index contributed by atoms with van der Waals surface area (Å²) < 4.78 is 16.1. The molecule has 0 aliphatic carbocycles. The van der Waals surface area contributed by atoms with Gasteiger partial charge in [-0.05, 0) is 24.3 Å². The second-order valence-electron chi connectivity index (χ2n) is 7.22. The van der Waals surface area contributed by atoms with Gasteiger partial charge in [-0.1, -0.05) is 12.1 Å². The number of fused-ring (bicyclic) bond motifs is 5. The summed E-state index contributed by atoms with van der Waals surface area (Å²) in [5, 5.41) is 9.21. The molecule has 1 N–H and O–H groups in total. The van der Waals surface area contributed by atoms with Crippen molar-refractivity contribution in [1.82, 2.24) is 0 Å². The molecule has 4 rings (SSSR count). The molecule has 10 nitrogen and oxygen atoms in total. The highest BCUT2D eigenvalue weighted by Gasteiger charge is 2.72. The Morgan fingerprint density at radius 3 is 2.40 bits per heavy atom. The molecule has 0 radical (unpaired) electrons. The van der Waals surface area contributed by atoms with Crippen molar-refractivity contribution < 1.29 is 43.3 Å². The molecule has 0 spiro atoms. The van der Waals surface area contributed by atoms with Crippen molar-refractivity contribution in [2.24, 2.45) is 11.8 Å². The van der Waals surface area contributed by atoms with Crippen LogP contribution in [0, 0.1) is 11.8 Å². The monoisotopic (exact) mass is 415 g/mol. The van der Waals surface area contributed by atoms with E-state index >= 15 is 0 Å². The third kappa shape index (κ3) is 2.79. The number of carbonyl (C=O) groups excluding carboxylic acids is 4. The second kappa shape index (κ2) is 6.77. The normalized spacial score (nSPS) is 28.8. The highest BCUT2D eigenvalue weighted by atomic mass is 16.7. The SMILES string of the molecule is CC(=O)OC(OC(C)=O)[C@@]12C=C[C@@H](O1)[C@H]1C(=O)N(c3cccc(C(=O)O)c3)C(=O)[C@@H]12. The van der Waals surface area contributed by atoms with Crippen molar-refractivity contribution in [3.05, 3.63) is 42.0 Å². The Kier molecular flexibility index (Phi) is 4.46. The van der Waals surface area contributed by atoms with E-state index in [-0.39, 0.29) is 11.3 Å². The minimum absolute atomic E-state index is 0.0880. The molecule has 0 saturated carbocycles. The fraction of sp³-hybridized carbons (Fsp3) is 0.350. The summed E-state index contributed by atoms with van der Waals surface area (Å²) in [7, 11) is 0. The molecule has 30 heavy (non-hydrogen) atoms. The van der Waals surface area contributed by atoms with E-state index in [9.17, 15) is 29.1 Å². The average Bonchev–Trinajstić information content (AvgIpc) is 3.32. The second-order valence-corrected chi connectivity index (χ2v) is 7.22. The quantitative estimate of drug-likeness (QED) is 0.318. The number of esters is 2. The molecule has 10 heteroatoms. The summed E-state index contributed by atoms with van der Waals surface area (Å²) >= 11 is 0. The van der Waals surface area contributed by atoms with Crippen LogP contribution >= 0.6 is 0 Å². The maximum atomic E-state index is 13.3. The lowest BCUT2D eigenvalue weighted by molar-refractivity contribution is -0.226. The van der Waals surface area contributed by atoms with Crippen LogP contribution in [0.2, 0.25) is 0 Å². The van der Waals surface area contributed by atoms with E-state index in [4.69, 9.17) is 14.2 Å². The molecule has 2 bridgehead atoms. The maximum Gasteiger partial charge on any atom is 0.335 e. The van der Waals surface area contributed by atoms with Crippen LogP contribution in [0.4, 0.5) is 5.69 Å². The first-order chi connectivity index (χ1) is 14.2. The predicted molar refractivity (Wildman–Crippen MR) is 96.9 cm³/mol. The molecule has 0 unspecified atom stereocenters. The lowest BCUT2D eigenvalue weighted by Crippen LogP contribution is -2.52. The first-order valence-electron chi connectivity index (χ1n) is 9.08. The number of ether oxygens (including phenoxy) is 3. The molecular weight excluding hydrogens is 398 g/mol. The van der Waals surface area contributed by atoms with E-state index in [1.807, 2.05) is 0 Å². The number of carbonyl (C=O) groups is 5. The first kappa shape index (κ1) is 19.8. The van der Waals surface area contributed by atoms with Gasteiger partial charge >= 0.3 is 17.9 Å². The van der Waals surface area contributed by atoms with Crippen LogP contribution in [0.15, 0.2) is 36.4 Å². The van der Waals surface area contributed by atoms with E-state index in [0.717, 1.165) is 18.7 Å². The van der Waals surface area contributed by atoms with Gasteiger partial charge in [0.25, 0.3) is 6.29 Å². The zero-order chi connectivity index (χ0) is 21.8. The Bertz CT molecular complexity index is 999. The van der Waals surface area contributed by atoms with Gasteiger partial charge in [0.15, 0.2) is 5.60 Å². The number of benzene rings is 1. The van der Waals surface area contributed by atoms with Crippen LogP contribution < -0.4 is 4.90 Å². The fourth-order valence-electron chi connectivity index (χ4n) is 4.25. The number of aromatic carboxylic acids is 1. The van der Waals surface area contributed by atoms with Gasteiger partial charge in [0.05, 0.1) is 29.2 Å². The zero-order valence-corrected chi connectivity index (χ0v) is 15.9. The fourth-order valence-corrected chi connectivity index (χ4v) is 4.25. The Balaban J connectivity index is 1.75. The van der Waals surface area contributed by atoms with Crippen molar-refractivity contribution in [3.63, 3.8) is 0 Å². The lowest BCUT2D eigenvalue weighted by Gasteiger charge is -2.34. The predicted octanol–water partition coefficient (Wildman–Crippen LogP) is 0.650. The molecule has 2 amide bonds. The van der Waals surface area contributed by atoms with Crippen LogP contribution in [0.25, 0.3) is 0 Å². The summed E-state index contributed by atoms with van der Waals surface area (Å²) in [6, 6.07) is 5.43. The summed E-state index contributed by atoms with van der Waals surface area (Å²) in [5.74, 6) is -6.01. The van der Waals surface area contributed by atoms with E-state index in [1.165, 1.54) is 30.3 Å². The maximum absolute atomic E-state index is 13.3. The molecule has 3 heterocycles. The first-order valence-corrected chi connectivity index (χ1v) is 9.08. The van der Waals surface area contributed by atoms with Gasteiger partial charge in [-0.3, -0.25) is 19.2 Å². The standard InChI is InChI=1S/C20H17NO9/c1-9(22)28-19(29-10(2)23)20-7-6-13(30-20)14-15(20)17(25)21(16(14)24)12-5-3-4-11(8-12)18(26)27/h3-8,13-15,19H,1-2H3,(H,26,27)/t13-,14-,15-,20+/m1/s1. The number of rotatable bonds is 5. The molecule has 4 atom stereocenters. The largest absolute Gasteiger partial charge is 0.478 e. The summed E-state index contributed by atoms with van der Waals surface area (Å²) in [4.78, 5) is 61.7. The van der Waals surface area contributed by atoms with E-state index in [2.05, 4.69) is 0 Å². The minimum Gasteiger partial charge on any atom is -0.478 e. The van der Waals surface area contributed by atoms with Crippen molar-refractivity contribution in [3.8, 4) is 0 Å². The van der Waals surface area contributed by atoms with Crippen molar-refractivity contribution in [2.75, 3.05) is 4.90 Å². The molecule has 1 aromatic rings. The van der Waals surface area contributed by atoms with E-state index in [0.29, 0.717) is 0 Å². The minimum atomic E-state index is -1.65. The number of nitrogens with zero attached hydrogens (tertiary/aromatic N) is 1.